The van der Waals surface area contributed by atoms with E-state index < -0.39 is 35.8 Å². The monoisotopic (exact) mass is 333 g/mol. The second kappa shape index (κ2) is 6.60. The Morgan fingerprint density at radius 1 is 1.12 bits per heavy atom. The summed E-state index contributed by atoms with van der Waals surface area (Å²) in [6.45, 7) is 0.424. The van der Waals surface area contributed by atoms with Gasteiger partial charge in [-0.25, -0.2) is 0 Å². The van der Waals surface area contributed by atoms with Crippen molar-refractivity contribution in [3.05, 3.63) is 35.9 Å². The third-order valence-electron chi connectivity index (χ3n) is 4.73. The molecule has 0 unspecified atom stereocenters. The first-order valence-electron chi connectivity index (χ1n) is 7.71. The van der Waals surface area contributed by atoms with Gasteiger partial charge in [0.1, 0.15) is 12.6 Å². The van der Waals surface area contributed by atoms with Gasteiger partial charge in [-0.05, 0) is 5.56 Å². The van der Waals surface area contributed by atoms with Crippen LogP contribution in [-0.4, -0.2) is 56.2 Å². The quantitative estimate of drug-likeness (QED) is 0.590. The lowest BCUT2D eigenvalue weighted by Gasteiger charge is -2.37. The van der Waals surface area contributed by atoms with Gasteiger partial charge in [0.25, 0.3) is 0 Å². The summed E-state index contributed by atoms with van der Waals surface area (Å²) in [6.07, 6.45) is 0. The SMILES string of the molecule is COC(=O)[C@@H]1[C@@H](C(=O)OC)CN2[C@@H](c3ccccc3)COC(=O)[C@H]12. The molecule has 0 aromatic heterocycles. The molecule has 24 heavy (non-hydrogen) atoms. The number of morpholine rings is 1. The lowest BCUT2D eigenvalue weighted by atomic mass is 9.90. The number of carbonyl (C=O) groups excluding carboxylic acids is 3. The highest BCUT2D eigenvalue weighted by atomic mass is 16.5. The molecule has 7 nitrogen and oxygen atoms in total. The highest BCUT2D eigenvalue weighted by Gasteiger charge is 2.57. The van der Waals surface area contributed by atoms with E-state index in [1.54, 1.807) is 0 Å². The van der Waals surface area contributed by atoms with Gasteiger partial charge in [0, 0.05) is 6.54 Å². The highest BCUT2D eigenvalue weighted by Crippen LogP contribution is 2.41. The van der Waals surface area contributed by atoms with Gasteiger partial charge in [-0.3, -0.25) is 19.3 Å². The Morgan fingerprint density at radius 2 is 1.79 bits per heavy atom. The number of esters is 3. The zero-order valence-corrected chi connectivity index (χ0v) is 13.5. The third kappa shape index (κ3) is 2.65. The van der Waals surface area contributed by atoms with Crippen LogP contribution in [0.15, 0.2) is 30.3 Å². The number of benzene rings is 1. The molecule has 2 aliphatic heterocycles. The van der Waals surface area contributed by atoms with E-state index in [9.17, 15) is 14.4 Å². The topological polar surface area (TPSA) is 82.1 Å². The second-order valence-corrected chi connectivity index (χ2v) is 5.88. The molecule has 0 bridgehead atoms. The Hall–Kier alpha value is -2.41. The summed E-state index contributed by atoms with van der Waals surface area (Å²) in [7, 11) is 2.50. The molecule has 1 aromatic carbocycles. The van der Waals surface area contributed by atoms with Gasteiger partial charge < -0.3 is 14.2 Å². The van der Waals surface area contributed by atoms with Crippen LogP contribution in [0.25, 0.3) is 0 Å². The first-order valence-corrected chi connectivity index (χ1v) is 7.71. The Kier molecular flexibility index (Phi) is 4.53. The van der Waals surface area contributed by atoms with Crippen LogP contribution in [0.1, 0.15) is 11.6 Å². The molecule has 3 rings (SSSR count). The van der Waals surface area contributed by atoms with Gasteiger partial charge in [-0.15, -0.1) is 0 Å². The number of rotatable bonds is 3. The molecule has 128 valence electrons. The molecule has 0 spiro atoms. The van der Waals surface area contributed by atoms with Gasteiger partial charge in [0.05, 0.1) is 32.1 Å². The van der Waals surface area contributed by atoms with Crippen molar-refractivity contribution in [2.24, 2.45) is 11.8 Å². The fourth-order valence-corrected chi connectivity index (χ4v) is 3.59. The zero-order chi connectivity index (χ0) is 17.3. The lowest BCUT2D eigenvalue weighted by molar-refractivity contribution is -0.168. The van der Waals surface area contributed by atoms with Crippen molar-refractivity contribution in [2.75, 3.05) is 27.4 Å². The molecule has 0 radical (unpaired) electrons. The standard InChI is InChI=1S/C17H19NO6/c1-22-15(19)11-8-18-12(10-6-4-3-5-7-10)9-24-17(21)14(18)13(11)16(20)23-2/h3-7,11-14H,8-9H2,1-2H3/t11-,12+,13+,14-/m0/s1. The largest absolute Gasteiger partial charge is 0.469 e. The summed E-state index contributed by atoms with van der Waals surface area (Å²) >= 11 is 0. The first kappa shape index (κ1) is 16.4. The Bertz CT molecular complexity index is 646. The molecule has 2 heterocycles. The average molecular weight is 333 g/mol. The minimum Gasteiger partial charge on any atom is -0.469 e. The second-order valence-electron chi connectivity index (χ2n) is 5.88. The van der Waals surface area contributed by atoms with Crippen LogP contribution < -0.4 is 0 Å². The van der Waals surface area contributed by atoms with E-state index in [1.807, 2.05) is 35.2 Å². The highest BCUT2D eigenvalue weighted by molar-refractivity contribution is 5.91. The number of hydrogen-bond acceptors (Lipinski definition) is 7. The Morgan fingerprint density at radius 3 is 2.42 bits per heavy atom. The maximum absolute atomic E-state index is 12.3. The van der Waals surface area contributed by atoms with E-state index in [4.69, 9.17) is 14.2 Å². The van der Waals surface area contributed by atoms with Gasteiger partial charge in [-0.1, -0.05) is 30.3 Å². The summed E-state index contributed by atoms with van der Waals surface area (Å²) in [5.74, 6) is -3.34. The van der Waals surface area contributed by atoms with Crippen molar-refractivity contribution in [2.45, 2.75) is 12.1 Å². The van der Waals surface area contributed by atoms with Crippen molar-refractivity contribution in [3.63, 3.8) is 0 Å². The van der Waals surface area contributed by atoms with Gasteiger partial charge in [0.2, 0.25) is 0 Å². The van der Waals surface area contributed by atoms with E-state index >= 15 is 0 Å². The molecular formula is C17H19NO6. The predicted octanol–water partition coefficient (Wildman–Crippen LogP) is 0.547. The number of nitrogens with zero attached hydrogens (tertiary/aromatic N) is 1. The van der Waals surface area contributed by atoms with E-state index in [2.05, 4.69) is 0 Å². The summed E-state index contributed by atoms with van der Waals surface area (Å²) in [5, 5.41) is 0. The Balaban J connectivity index is 1.98. The van der Waals surface area contributed by atoms with Crippen molar-refractivity contribution >= 4 is 17.9 Å². The van der Waals surface area contributed by atoms with E-state index in [0.29, 0.717) is 0 Å². The van der Waals surface area contributed by atoms with Crippen LogP contribution in [-0.2, 0) is 28.6 Å². The minimum absolute atomic E-state index is 0.182. The molecular weight excluding hydrogens is 314 g/mol. The van der Waals surface area contributed by atoms with E-state index in [0.717, 1.165) is 5.56 Å². The van der Waals surface area contributed by atoms with Crippen LogP contribution in [0.5, 0.6) is 0 Å². The van der Waals surface area contributed by atoms with E-state index in [1.165, 1.54) is 14.2 Å². The fraction of sp³-hybridized carbons (Fsp3) is 0.471. The molecule has 0 N–H and O–H groups in total. The fourth-order valence-electron chi connectivity index (χ4n) is 3.59. The van der Waals surface area contributed by atoms with Crippen molar-refractivity contribution in [3.8, 4) is 0 Å². The van der Waals surface area contributed by atoms with Crippen molar-refractivity contribution in [1.29, 1.82) is 0 Å². The third-order valence-corrected chi connectivity index (χ3v) is 4.73. The summed E-state index contributed by atoms with van der Waals surface area (Å²) in [5.41, 5.74) is 0.962. The molecule has 0 aliphatic carbocycles. The van der Waals surface area contributed by atoms with Gasteiger partial charge in [0.15, 0.2) is 0 Å². The minimum atomic E-state index is -0.929. The molecule has 2 aliphatic rings. The number of carbonyl (C=O) groups is 3. The number of cyclic esters (lactones) is 1. The predicted molar refractivity (Wildman–Crippen MR) is 81.6 cm³/mol. The van der Waals surface area contributed by atoms with Crippen LogP contribution in [0, 0.1) is 11.8 Å². The number of hydrogen-bond donors (Lipinski definition) is 0. The summed E-state index contributed by atoms with van der Waals surface area (Å²) in [6, 6.07) is 8.49. The van der Waals surface area contributed by atoms with Crippen LogP contribution in [0.2, 0.25) is 0 Å². The molecule has 0 saturated carbocycles. The summed E-state index contributed by atoms with van der Waals surface area (Å²) < 4.78 is 14.9. The smallest absolute Gasteiger partial charge is 0.324 e. The zero-order valence-electron chi connectivity index (χ0n) is 13.5. The summed E-state index contributed by atoms with van der Waals surface area (Å²) in [4.78, 5) is 38.5. The molecule has 2 saturated heterocycles. The maximum Gasteiger partial charge on any atom is 0.324 e. The lowest BCUT2D eigenvalue weighted by Crippen LogP contribution is -2.50. The maximum atomic E-state index is 12.3. The average Bonchev–Trinajstić information content (AvgIpc) is 3.02. The molecule has 4 atom stereocenters. The number of ether oxygens (including phenoxy) is 3. The molecule has 2 fully saturated rings. The first-order chi connectivity index (χ1) is 11.6. The Labute approximate surface area is 139 Å². The molecule has 7 heteroatoms. The van der Waals surface area contributed by atoms with Crippen LogP contribution in [0.4, 0.5) is 0 Å². The van der Waals surface area contributed by atoms with Crippen molar-refractivity contribution < 1.29 is 28.6 Å². The van der Waals surface area contributed by atoms with Gasteiger partial charge in [-0.2, -0.15) is 0 Å². The van der Waals surface area contributed by atoms with Crippen LogP contribution in [0.3, 0.4) is 0 Å². The molecule has 0 amide bonds. The van der Waals surface area contributed by atoms with Crippen molar-refractivity contribution in [1.82, 2.24) is 4.90 Å². The number of methoxy groups -OCH3 is 2. The normalized spacial score (nSPS) is 29.5. The molecule has 1 aromatic rings. The van der Waals surface area contributed by atoms with E-state index in [-0.39, 0.29) is 19.2 Å². The number of fused-ring (bicyclic) bond motifs is 1. The van der Waals surface area contributed by atoms with Crippen LogP contribution >= 0.6 is 0 Å². The van der Waals surface area contributed by atoms with Gasteiger partial charge >= 0.3 is 17.9 Å².